The fraction of sp³-hybridized carbons (Fsp3) is 0.455. The number of benzene rings is 1. The van der Waals surface area contributed by atoms with Crippen molar-refractivity contribution in [3.63, 3.8) is 0 Å². The summed E-state index contributed by atoms with van der Waals surface area (Å²) in [5.74, 6) is 2.57. The number of ether oxygens (including phenoxy) is 1. The first kappa shape index (κ1) is 20.8. The number of aromatic nitrogens is 1. The van der Waals surface area contributed by atoms with E-state index in [1.807, 2.05) is 30.5 Å². The molecule has 0 amide bonds. The van der Waals surface area contributed by atoms with Crippen molar-refractivity contribution in [2.75, 3.05) is 38.2 Å². The van der Waals surface area contributed by atoms with E-state index in [0.29, 0.717) is 24.8 Å². The minimum Gasteiger partial charge on any atom is -0.504 e. The molecule has 7 nitrogen and oxygen atoms in total. The Morgan fingerprint density at radius 2 is 2.07 bits per heavy atom. The summed E-state index contributed by atoms with van der Waals surface area (Å²) < 4.78 is 5.17. The molecule has 7 heteroatoms. The maximum Gasteiger partial charge on any atom is 0.191 e. The highest BCUT2D eigenvalue weighted by molar-refractivity contribution is 5.80. The number of nitrogens with one attached hydrogen (secondary N) is 2. The fourth-order valence-electron chi connectivity index (χ4n) is 3.53. The van der Waals surface area contributed by atoms with Crippen LogP contribution in [0.1, 0.15) is 25.3 Å². The van der Waals surface area contributed by atoms with Gasteiger partial charge in [-0.1, -0.05) is 18.2 Å². The molecule has 1 fully saturated rings. The Kier molecular flexibility index (Phi) is 7.55. The van der Waals surface area contributed by atoms with Gasteiger partial charge in [-0.15, -0.1) is 0 Å². The number of pyridine rings is 1. The van der Waals surface area contributed by atoms with Gasteiger partial charge in [0.15, 0.2) is 17.5 Å². The summed E-state index contributed by atoms with van der Waals surface area (Å²) >= 11 is 0. The van der Waals surface area contributed by atoms with Gasteiger partial charge < -0.3 is 25.4 Å². The highest BCUT2D eigenvalue weighted by Crippen LogP contribution is 2.29. The van der Waals surface area contributed by atoms with Crippen molar-refractivity contribution in [1.82, 2.24) is 15.6 Å². The van der Waals surface area contributed by atoms with E-state index in [2.05, 4.69) is 33.5 Å². The molecule has 0 spiro atoms. The van der Waals surface area contributed by atoms with Gasteiger partial charge in [-0.3, -0.25) is 4.99 Å². The lowest BCUT2D eigenvalue weighted by Gasteiger charge is -2.33. The second kappa shape index (κ2) is 10.5. The topological polar surface area (TPSA) is 82.0 Å². The number of hydrogen-bond acceptors (Lipinski definition) is 5. The predicted octanol–water partition coefficient (Wildman–Crippen LogP) is 2.56. The maximum absolute atomic E-state index is 10.2. The van der Waals surface area contributed by atoms with Crippen LogP contribution in [-0.4, -0.2) is 55.4 Å². The number of nitrogens with zero attached hydrogens (tertiary/aromatic N) is 3. The quantitative estimate of drug-likeness (QED) is 0.492. The Morgan fingerprint density at radius 3 is 2.76 bits per heavy atom. The Bertz CT molecular complexity index is 789. The van der Waals surface area contributed by atoms with Gasteiger partial charge in [-0.05, 0) is 49.9 Å². The molecule has 1 aromatic heterocycles. The zero-order valence-electron chi connectivity index (χ0n) is 17.3. The van der Waals surface area contributed by atoms with Gasteiger partial charge in [0.25, 0.3) is 0 Å². The molecule has 2 aromatic rings. The summed E-state index contributed by atoms with van der Waals surface area (Å²) in [4.78, 5) is 11.5. The molecule has 2 heterocycles. The summed E-state index contributed by atoms with van der Waals surface area (Å²) in [6.45, 7) is 5.41. The van der Waals surface area contributed by atoms with Crippen LogP contribution in [0.15, 0.2) is 47.6 Å². The SMILES string of the molecule is CCNC(=NCCc1cccc(OC)c1O)NC1CCN(c2ccccn2)CC1. The van der Waals surface area contributed by atoms with Crippen LogP contribution in [0.25, 0.3) is 0 Å². The van der Waals surface area contributed by atoms with Crippen LogP contribution in [0.5, 0.6) is 11.5 Å². The van der Waals surface area contributed by atoms with Crippen LogP contribution >= 0.6 is 0 Å². The maximum atomic E-state index is 10.2. The largest absolute Gasteiger partial charge is 0.504 e. The van der Waals surface area contributed by atoms with Gasteiger partial charge in [-0.25, -0.2) is 4.98 Å². The highest BCUT2D eigenvalue weighted by Gasteiger charge is 2.20. The van der Waals surface area contributed by atoms with Crippen molar-refractivity contribution < 1.29 is 9.84 Å². The average molecular weight is 398 g/mol. The summed E-state index contributed by atoms with van der Waals surface area (Å²) in [6, 6.07) is 12.0. The molecule has 0 unspecified atom stereocenters. The van der Waals surface area contributed by atoms with Gasteiger partial charge in [-0.2, -0.15) is 0 Å². The van der Waals surface area contributed by atoms with E-state index >= 15 is 0 Å². The number of rotatable bonds is 7. The van der Waals surface area contributed by atoms with Gasteiger partial charge in [0.1, 0.15) is 5.82 Å². The van der Waals surface area contributed by atoms with E-state index in [9.17, 15) is 5.11 Å². The Hall–Kier alpha value is -2.96. The molecule has 29 heavy (non-hydrogen) atoms. The molecule has 1 aliphatic rings. The Morgan fingerprint density at radius 1 is 1.24 bits per heavy atom. The molecular weight excluding hydrogens is 366 g/mol. The number of piperidine rings is 1. The molecule has 0 saturated carbocycles. The minimum atomic E-state index is 0.199. The van der Waals surface area contributed by atoms with Gasteiger partial charge >= 0.3 is 0 Å². The van der Waals surface area contributed by atoms with Crippen LogP contribution in [0.2, 0.25) is 0 Å². The van der Waals surface area contributed by atoms with E-state index < -0.39 is 0 Å². The zero-order valence-corrected chi connectivity index (χ0v) is 17.3. The second-order valence-electron chi connectivity index (χ2n) is 7.07. The third kappa shape index (κ3) is 5.76. The second-order valence-corrected chi connectivity index (χ2v) is 7.07. The number of aromatic hydroxyl groups is 1. The standard InChI is InChI=1S/C22H31N5O2/c1-3-23-22(25-14-10-17-7-6-8-19(29-2)21(17)28)26-18-11-15-27(16-12-18)20-9-4-5-13-24-20/h4-9,13,18,28H,3,10-12,14-16H2,1-2H3,(H2,23,25,26). The Labute approximate surface area is 172 Å². The minimum absolute atomic E-state index is 0.199. The fourth-order valence-corrected chi connectivity index (χ4v) is 3.53. The van der Waals surface area contributed by atoms with Gasteiger partial charge in [0, 0.05) is 38.4 Å². The molecule has 0 atom stereocenters. The number of hydrogen-bond donors (Lipinski definition) is 3. The molecule has 1 aromatic carbocycles. The van der Waals surface area contributed by atoms with Crippen molar-refractivity contribution in [2.24, 2.45) is 4.99 Å². The van der Waals surface area contributed by atoms with E-state index in [4.69, 9.17) is 9.73 Å². The smallest absolute Gasteiger partial charge is 0.191 e. The Balaban J connectivity index is 1.52. The monoisotopic (exact) mass is 397 g/mol. The van der Waals surface area contributed by atoms with Crippen molar-refractivity contribution in [3.05, 3.63) is 48.2 Å². The van der Waals surface area contributed by atoms with E-state index in [1.54, 1.807) is 13.2 Å². The first-order valence-corrected chi connectivity index (χ1v) is 10.3. The van der Waals surface area contributed by atoms with Crippen LogP contribution in [0.3, 0.4) is 0 Å². The van der Waals surface area contributed by atoms with Gasteiger partial charge in [0.05, 0.1) is 7.11 Å². The molecule has 1 saturated heterocycles. The molecule has 0 aliphatic carbocycles. The summed E-state index contributed by atoms with van der Waals surface area (Å²) in [6.07, 6.45) is 4.57. The first-order chi connectivity index (χ1) is 14.2. The number of aliphatic imine (C=N–C) groups is 1. The van der Waals surface area contributed by atoms with Crippen LogP contribution in [0.4, 0.5) is 5.82 Å². The summed E-state index contributed by atoms with van der Waals surface area (Å²) in [5, 5.41) is 17.1. The molecule has 156 valence electrons. The lowest BCUT2D eigenvalue weighted by atomic mass is 10.1. The van der Waals surface area contributed by atoms with Crippen molar-refractivity contribution in [1.29, 1.82) is 0 Å². The van der Waals surface area contributed by atoms with Gasteiger partial charge in [0.2, 0.25) is 0 Å². The normalized spacial score (nSPS) is 15.2. The lowest BCUT2D eigenvalue weighted by molar-refractivity contribution is 0.370. The lowest BCUT2D eigenvalue weighted by Crippen LogP contribution is -2.49. The number of guanidine groups is 1. The molecule has 0 radical (unpaired) electrons. The van der Waals surface area contributed by atoms with E-state index in [1.165, 1.54) is 0 Å². The van der Waals surface area contributed by atoms with Crippen molar-refractivity contribution in [2.45, 2.75) is 32.2 Å². The zero-order chi connectivity index (χ0) is 20.5. The number of phenolic OH excluding ortho intramolecular Hbond substituents is 1. The first-order valence-electron chi connectivity index (χ1n) is 10.3. The molecule has 3 rings (SSSR count). The number of anilines is 1. The van der Waals surface area contributed by atoms with Crippen LogP contribution in [-0.2, 0) is 6.42 Å². The highest BCUT2D eigenvalue weighted by atomic mass is 16.5. The predicted molar refractivity (Wildman–Crippen MR) is 117 cm³/mol. The van der Waals surface area contributed by atoms with E-state index in [0.717, 1.165) is 49.8 Å². The van der Waals surface area contributed by atoms with E-state index in [-0.39, 0.29) is 5.75 Å². The number of para-hydroxylation sites is 1. The third-order valence-corrected chi connectivity index (χ3v) is 5.11. The summed E-state index contributed by atoms with van der Waals surface area (Å²) in [5.41, 5.74) is 0.840. The molecule has 3 N–H and O–H groups in total. The molecule has 0 bridgehead atoms. The van der Waals surface area contributed by atoms with Crippen molar-refractivity contribution in [3.8, 4) is 11.5 Å². The molecule has 1 aliphatic heterocycles. The number of phenols is 1. The van der Waals surface area contributed by atoms with Crippen LogP contribution in [0, 0.1) is 0 Å². The molecular formula is C22H31N5O2. The average Bonchev–Trinajstić information content (AvgIpc) is 2.76. The van der Waals surface area contributed by atoms with Crippen molar-refractivity contribution >= 4 is 11.8 Å². The van der Waals surface area contributed by atoms with Crippen LogP contribution < -0.4 is 20.3 Å². The number of methoxy groups -OCH3 is 1. The third-order valence-electron chi connectivity index (χ3n) is 5.11. The summed E-state index contributed by atoms with van der Waals surface area (Å²) in [7, 11) is 1.56.